The van der Waals surface area contributed by atoms with E-state index in [1.54, 1.807) is 0 Å². The molecule has 0 radical (unpaired) electrons. The zero-order valence-electron chi connectivity index (χ0n) is 16.2. The molecule has 2 aliphatic rings. The fourth-order valence-electron chi connectivity index (χ4n) is 4.57. The van der Waals surface area contributed by atoms with Crippen molar-refractivity contribution in [2.45, 2.75) is 45.2 Å². The third kappa shape index (κ3) is 3.12. The molecule has 0 saturated heterocycles. The molecule has 5 rings (SSSR count). The van der Waals surface area contributed by atoms with Crippen LogP contribution in [-0.2, 0) is 25.8 Å². The van der Waals surface area contributed by atoms with Crippen molar-refractivity contribution in [3.63, 3.8) is 0 Å². The van der Waals surface area contributed by atoms with Gasteiger partial charge in [0, 0.05) is 41.6 Å². The largest absolute Gasteiger partial charge is 0.350 e. The third-order valence-corrected chi connectivity index (χ3v) is 7.19. The minimum atomic E-state index is 0.0526. The topological polar surface area (TPSA) is 45.2 Å². The molecule has 0 spiro atoms. The van der Waals surface area contributed by atoms with Crippen LogP contribution in [-0.4, -0.2) is 34.9 Å². The van der Waals surface area contributed by atoms with Gasteiger partial charge in [0.1, 0.15) is 0 Å². The third-order valence-electron chi connectivity index (χ3n) is 6.16. The molecule has 1 atom stereocenters. The highest BCUT2D eigenvalue weighted by Gasteiger charge is 2.25. The van der Waals surface area contributed by atoms with Gasteiger partial charge in [-0.3, -0.25) is 14.7 Å². The Morgan fingerprint density at radius 2 is 2.14 bits per heavy atom. The Morgan fingerprint density at radius 3 is 3.07 bits per heavy atom. The van der Waals surface area contributed by atoms with Gasteiger partial charge >= 0.3 is 0 Å². The van der Waals surface area contributed by atoms with Crippen LogP contribution in [0.1, 0.15) is 45.4 Å². The highest BCUT2D eigenvalue weighted by atomic mass is 32.1. The molecule has 144 valence electrons. The van der Waals surface area contributed by atoms with Crippen molar-refractivity contribution in [3.05, 3.63) is 63.0 Å². The van der Waals surface area contributed by atoms with E-state index in [0.717, 1.165) is 66.5 Å². The van der Waals surface area contributed by atoms with E-state index in [9.17, 15) is 4.79 Å². The average Bonchev–Trinajstić information content (AvgIpc) is 3.38. The van der Waals surface area contributed by atoms with Crippen LogP contribution >= 0.6 is 11.3 Å². The van der Waals surface area contributed by atoms with Gasteiger partial charge in [0.15, 0.2) is 0 Å². The molecule has 1 aliphatic heterocycles. The van der Waals surface area contributed by atoms with E-state index in [-0.39, 0.29) is 5.91 Å². The smallest absolute Gasteiger partial charge is 0.252 e. The summed E-state index contributed by atoms with van der Waals surface area (Å²) in [6.07, 6.45) is 4.14. The van der Waals surface area contributed by atoms with Gasteiger partial charge in [0.05, 0.1) is 11.1 Å². The van der Waals surface area contributed by atoms with Crippen LogP contribution in [0.5, 0.6) is 0 Å². The van der Waals surface area contributed by atoms with Crippen molar-refractivity contribution in [3.8, 4) is 0 Å². The summed E-state index contributed by atoms with van der Waals surface area (Å²) in [7, 11) is 0. The Hall–Kier alpha value is -2.24. The van der Waals surface area contributed by atoms with E-state index in [4.69, 9.17) is 4.98 Å². The molecule has 0 fully saturated rings. The number of thiophene rings is 1. The van der Waals surface area contributed by atoms with E-state index >= 15 is 0 Å². The number of aromatic nitrogens is 1. The summed E-state index contributed by atoms with van der Waals surface area (Å²) in [5.41, 5.74) is 5.50. The number of nitrogens with one attached hydrogen (secondary N) is 1. The molecule has 0 bridgehead atoms. The number of carbonyl (C=O) groups excluding carboxylic acids is 1. The Balaban J connectivity index is 1.34. The summed E-state index contributed by atoms with van der Waals surface area (Å²) in [5.74, 6) is 0.0526. The number of fused-ring (bicyclic) bond motifs is 3. The standard InChI is InChI=1S/C23H25N3OS/c1-15(26-11-9-21-16(14-26)10-12-28-21)13-24-23(27)22-17-5-2-3-7-19(17)25-20-8-4-6-18(20)22/h2-3,5,7,10,12,15H,4,6,8-9,11,13-14H2,1H3,(H,24,27). The maximum atomic E-state index is 13.2. The second-order valence-electron chi connectivity index (χ2n) is 7.93. The molecular weight excluding hydrogens is 366 g/mol. The van der Waals surface area contributed by atoms with Gasteiger partial charge in [-0.25, -0.2) is 0 Å². The van der Waals surface area contributed by atoms with Gasteiger partial charge in [0.2, 0.25) is 0 Å². The van der Waals surface area contributed by atoms with Gasteiger partial charge in [-0.2, -0.15) is 0 Å². The number of hydrogen-bond donors (Lipinski definition) is 1. The fourth-order valence-corrected chi connectivity index (χ4v) is 5.46. The van der Waals surface area contributed by atoms with E-state index < -0.39 is 0 Å². The zero-order chi connectivity index (χ0) is 19.1. The predicted octanol–water partition coefficient (Wildman–Crippen LogP) is 3.96. The van der Waals surface area contributed by atoms with Crippen LogP contribution in [0.25, 0.3) is 10.9 Å². The first-order valence-electron chi connectivity index (χ1n) is 10.2. The van der Waals surface area contributed by atoms with Crippen LogP contribution < -0.4 is 5.32 Å². The summed E-state index contributed by atoms with van der Waals surface area (Å²) in [6, 6.07) is 10.6. The van der Waals surface area contributed by atoms with Gasteiger partial charge in [-0.1, -0.05) is 18.2 Å². The molecule has 28 heavy (non-hydrogen) atoms. The van der Waals surface area contributed by atoms with Crippen molar-refractivity contribution < 1.29 is 4.79 Å². The first-order chi connectivity index (χ1) is 13.7. The average molecular weight is 392 g/mol. The number of aryl methyl sites for hydroxylation is 1. The number of carbonyl (C=O) groups is 1. The van der Waals surface area contributed by atoms with Crippen molar-refractivity contribution in [1.29, 1.82) is 0 Å². The fraction of sp³-hybridized carbons (Fsp3) is 0.391. The molecule has 4 nitrogen and oxygen atoms in total. The maximum Gasteiger partial charge on any atom is 0.252 e. The SMILES string of the molecule is CC(CNC(=O)c1c2c(nc3ccccc13)CCC2)N1CCc2sccc2C1. The first kappa shape index (κ1) is 17.8. The van der Waals surface area contributed by atoms with E-state index in [2.05, 4.69) is 28.6 Å². The molecule has 1 aromatic carbocycles. The minimum Gasteiger partial charge on any atom is -0.350 e. The lowest BCUT2D eigenvalue weighted by Crippen LogP contribution is -2.44. The molecule has 0 saturated carbocycles. The van der Waals surface area contributed by atoms with E-state index in [1.807, 2.05) is 35.6 Å². The Labute approximate surface area is 169 Å². The molecule has 3 heterocycles. The summed E-state index contributed by atoms with van der Waals surface area (Å²) in [4.78, 5) is 22.0. The Kier molecular flexibility index (Phi) is 4.65. The molecule has 2 aromatic heterocycles. The number of pyridine rings is 1. The second-order valence-corrected chi connectivity index (χ2v) is 8.93. The zero-order valence-corrected chi connectivity index (χ0v) is 17.0. The maximum absolute atomic E-state index is 13.2. The van der Waals surface area contributed by atoms with Crippen molar-refractivity contribution in [2.75, 3.05) is 13.1 Å². The lowest BCUT2D eigenvalue weighted by molar-refractivity contribution is 0.0933. The number of hydrogen-bond acceptors (Lipinski definition) is 4. The van der Waals surface area contributed by atoms with Crippen molar-refractivity contribution >= 4 is 28.1 Å². The molecule has 1 aliphatic carbocycles. The first-order valence-corrected chi connectivity index (χ1v) is 11.1. The number of amides is 1. The Morgan fingerprint density at radius 1 is 1.25 bits per heavy atom. The van der Waals surface area contributed by atoms with Crippen molar-refractivity contribution in [1.82, 2.24) is 15.2 Å². The van der Waals surface area contributed by atoms with Crippen molar-refractivity contribution in [2.24, 2.45) is 0 Å². The minimum absolute atomic E-state index is 0.0526. The second kappa shape index (κ2) is 7.30. The molecule has 1 unspecified atom stereocenters. The highest BCUT2D eigenvalue weighted by molar-refractivity contribution is 7.10. The summed E-state index contributed by atoms with van der Waals surface area (Å²) in [5, 5.41) is 6.40. The van der Waals surface area contributed by atoms with Gasteiger partial charge in [-0.05, 0) is 61.2 Å². The summed E-state index contributed by atoms with van der Waals surface area (Å²) in [6.45, 7) is 4.94. The number of para-hydroxylation sites is 1. The van der Waals surface area contributed by atoms with Gasteiger partial charge < -0.3 is 5.32 Å². The number of nitrogens with zero attached hydrogens (tertiary/aromatic N) is 2. The van der Waals surface area contributed by atoms with Crippen LogP contribution in [0.3, 0.4) is 0 Å². The van der Waals surface area contributed by atoms with Crippen LogP contribution in [0, 0.1) is 0 Å². The number of rotatable bonds is 4. The highest BCUT2D eigenvalue weighted by Crippen LogP contribution is 2.30. The van der Waals surface area contributed by atoms with E-state index in [1.165, 1.54) is 10.4 Å². The lowest BCUT2D eigenvalue weighted by atomic mass is 10.0. The van der Waals surface area contributed by atoms with Crippen LogP contribution in [0.15, 0.2) is 35.7 Å². The van der Waals surface area contributed by atoms with E-state index in [0.29, 0.717) is 12.6 Å². The monoisotopic (exact) mass is 391 g/mol. The Bertz CT molecular complexity index is 1040. The van der Waals surface area contributed by atoms with Crippen LogP contribution in [0.4, 0.5) is 0 Å². The molecular formula is C23H25N3OS. The van der Waals surface area contributed by atoms with Gasteiger partial charge in [0.25, 0.3) is 5.91 Å². The summed E-state index contributed by atoms with van der Waals surface area (Å²) < 4.78 is 0. The predicted molar refractivity (Wildman–Crippen MR) is 114 cm³/mol. The lowest BCUT2D eigenvalue weighted by Gasteiger charge is -2.32. The quantitative estimate of drug-likeness (QED) is 0.732. The van der Waals surface area contributed by atoms with Gasteiger partial charge in [-0.15, -0.1) is 11.3 Å². The molecule has 1 N–H and O–H groups in total. The normalized spacial score (nSPS) is 17.3. The summed E-state index contributed by atoms with van der Waals surface area (Å²) >= 11 is 1.86. The number of benzene rings is 1. The molecule has 5 heteroatoms. The molecule has 3 aromatic rings. The van der Waals surface area contributed by atoms with Crippen LogP contribution in [0.2, 0.25) is 0 Å². The molecule has 1 amide bonds.